The van der Waals surface area contributed by atoms with E-state index in [4.69, 9.17) is 4.74 Å². The fourth-order valence-corrected chi connectivity index (χ4v) is 6.11. The third-order valence-electron chi connectivity index (χ3n) is 6.83. The zero-order valence-corrected chi connectivity index (χ0v) is 14.7. The number of hydrogen-bond donors (Lipinski definition) is 1. The van der Waals surface area contributed by atoms with E-state index in [2.05, 4.69) is 36.5 Å². The monoisotopic (exact) mass is 313 g/mol. The molecule has 0 amide bonds. The number of ether oxygens (including phenoxy) is 1. The molecule has 4 fully saturated rings. The van der Waals surface area contributed by atoms with Crippen molar-refractivity contribution in [2.24, 2.45) is 23.2 Å². The van der Waals surface area contributed by atoms with E-state index in [1.54, 1.807) is 0 Å². The molecule has 0 spiro atoms. The van der Waals surface area contributed by atoms with E-state index < -0.39 is 0 Å². The molecule has 0 heterocycles. The van der Waals surface area contributed by atoms with Crippen molar-refractivity contribution in [2.75, 3.05) is 6.61 Å². The van der Waals surface area contributed by atoms with Gasteiger partial charge in [0.2, 0.25) is 0 Å². The van der Waals surface area contributed by atoms with Crippen LogP contribution in [0.5, 0.6) is 5.75 Å². The van der Waals surface area contributed by atoms with E-state index in [1.807, 2.05) is 6.92 Å². The summed E-state index contributed by atoms with van der Waals surface area (Å²) in [5.74, 6) is 4.10. The quantitative estimate of drug-likeness (QED) is 0.816. The summed E-state index contributed by atoms with van der Waals surface area (Å²) < 4.78 is 5.63. The van der Waals surface area contributed by atoms with Crippen LogP contribution >= 0.6 is 0 Å². The Morgan fingerprint density at radius 1 is 1.13 bits per heavy atom. The molecule has 4 aliphatic carbocycles. The zero-order valence-electron chi connectivity index (χ0n) is 14.7. The largest absolute Gasteiger partial charge is 0.494 e. The lowest BCUT2D eigenvalue weighted by atomic mass is 9.48. The van der Waals surface area contributed by atoms with E-state index in [1.165, 1.54) is 44.1 Å². The van der Waals surface area contributed by atoms with E-state index in [0.29, 0.717) is 11.5 Å². The lowest BCUT2D eigenvalue weighted by molar-refractivity contribution is -0.0706. The van der Waals surface area contributed by atoms with Crippen molar-refractivity contribution in [3.8, 4) is 5.75 Å². The van der Waals surface area contributed by atoms with Crippen LogP contribution in [0.1, 0.15) is 57.9 Å². The van der Waals surface area contributed by atoms with Gasteiger partial charge in [-0.25, -0.2) is 0 Å². The predicted octanol–water partition coefficient (Wildman–Crippen LogP) is 4.78. The van der Waals surface area contributed by atoms with Crippen molar-refractivity contribution in [1.29, 1.82) is 0 Å². The first-order chi connectivity index (χ1) is 11.2. The Hall–Kier alpha value is -1.02. The third-order valence-corrected chi connectivity index (χ3v) is 6.83. The van der Waals surface area contributed by atoms with Crippen LogP contribution in [0.15, 0.2) is 24.3 Å². The second-order valence-electron chi connectivity index (χ2n) is 8.46. The van der Waals surface area contributed by atoms with Gasteiger partial charge in [0.25, 0.3) is 0 Å². The van der Waals surface area contributed by atoms with Crippen LogP contribution in [0.2, 0.25) is 0 Å². The summed E-state index contributed by atoms with van der Waals surface area (Å²) in [6.07, 6.45) is 9.03. The number of benzene rings is 1. The van der Waals surface area contributed by atoms with Gasteiger partial charge >= 0.3 is 0 Å². The summed E-state index contributed by atoms with van der Waals surface area (Å²) in [7, 11) is 0. The standard InChI is InChI=1S/C21H31NO/c1-3-23-20-6-4-5-16(10-20)14-22-15(2)21-11-17-7-18(12-21)9-19(8-17)13-21/h4-6,10,15,17-19,22H,3,7-9,11-14H2,1-2H3. The average molecular weight is 313 g/mol. The number of hydrogen-bond acceptors (Lipinski definition) is 2. The molecule has 0 saturated heterocycles. The van der Waals surface area contributed by atoms with Gasteiger partial charge in [-0.2, -0.15) is 0 Å². The molecular formula is C21H31NO. The molecule has 126 valence electrons. The molecule has 0 aliphatic heterocycles. The molecule has 1 aromatic rings. The second kappa shape index (κ2) is 6.12. The van der Waals surface area contributed by atoms with Crippen molar-refractivity contribution < 1.29 is 4.74 Å². The van der Waals surface area contributed by atoms with Crippen molar-refractivity contribution in [2.45, 2.75) is 65.0 Å². The topological polar surface area (TPSA) is 21.3 Å². The second-order valence-corrected chi connectivity index (χ2v) is 8.46. The van der Waals surface area contributed by atoms with Gasteiger partial charge in [0, 0.05) is 12.6 Å². The minimum Gasteiger partial charge on any atom is -0.494 e. The predicted molar refractivity (Wildman–Crippen MR) is 94.5 cm³/mol. The van der Waals surface area contributed by atoms with E-state index >= 15 is 0 Å². The van der Waals surface area contributed by atoms with Gasteiger partial charge < -0.3 is 10.1 Å². The zero-order chi connectivity index (χ0) is 15.9. The Kier molecular flexibility index (Phi) is 4.13. The highest BCUT2D eigenvalue weighted by molar-refractivity contribution is 5.28. The van der Waals surface area contributed by atoms with Crippen LogP contribution in [-0.4, -0.2) is 12.6 Å². The molecule has 1 unspecified atom stereocenters. The van der Waals surface area contributed by atoms with Gasteiger partial charge in [0.05, 0.1) is 6.61 Å². The fourth-order valence-electron chi connectivity index (χ4n) is 6.11. The van der Waals surface area contributed by atoms with Crippen LogP contribution in [0.4, 0.5) is 0 Å². The van der Waals surface area contributed by atoms with Gasteiger partial charge in [-0.3, -0.25) is 0 Å². The summed E-state index contributed by atoms with van der Waals surface area (Å²) in [6.45, 7) is 6.18. The maximum atomic E-state index is 5.63. The summed E-state index contributed by atoms with van der Waals surface area (Å²) in [5.41, 5.74) is 1.93. The molecular weight excluding hydrogens is 282 g/mol. The van der Waals surface area contributed by atoms with Crippen molar-refractivity contribution >= 4 is 0 Å². The number of nitrogens with one attached hydrogen (secondary N) is 1. The molecule has 2 nitrogen and oxygen atoms in total. The van der Waals surface area contributed by atoms with E-state index in [9.17, 15) is 0 Å². The van der Waals surface area contributed by atoms with Crippen LogP contribution in [0.3, 0.4) is 0 Å². The highest BCUT2D eigenvalue weighted by atomic mass is 16.5. The Labute approximate surface area is 141 Å². The molecule has 5 rings (SSSR count). The molecule has 4 bridgehead atoms. The van der Waals surface area contributed by atoms with E-state index in [0.717, 1.165) is 36.7 Å². The Bertz CT molecular complexity index is 517. The molecule has 2 heteroatoms. The molecule has 0 aromatic heterocycles. The summed E-state index contributed by atoms with van der Waals surface area (Å²) in [6, 6.07) is 9.18. The third kappa shape index (κ3) is 3.03. The molecule has 1 aromatic carbocycles. The normalized spacial score (nSPS) is 36.2. The Morgan fingerprint density at radius 3 is 2.39 bits per heavy atom. The first-order valence-corrected chi connectivity index (χ1v) is 9.62. The SMILES string of the molecule is CCOc1cccc(CNC(C)C23CC4CC(CC(C4)C2)C3)c1. The molecule has 4 aliphatic rings. The van der Waals surface area contributed by atoms with Crippen molar-refractivity contribution in [1.82, 2.24) is 5.32 Å². The molecule has 1 N–H and O–H groups in total. The minimum absolute atomic E-state index is 0.590. The highest BCUT2D eigenvalue weighted by Gasteiger charge is 2.52. The van der Waals surface area contributed by atoms with Gasteiger partial charge in [-0.05, 0) is 93.2 Å². The lowest BCUT2D eigenvalue weighted by Gasteiger charge is -2.59. The molecule has 23 heavy (non-hydrogen) atoms. The fraction of sp³-hybridized carbons (Fsp3) is 0.714. The summed E-state index contributed by atoms with van der Waals surface area (Å²) in [4.78, 5) is 0. The van der Waals surface area contributed by atoms with Crippen molar-refractivity contribution in [3.05, 3.63) is 29.8 Å². The molecule has 1 atom stereocenters. The van der Waals surface area contributed by atoms with Gasteiger partial charge in [-0.1, -0.05) is 12.1 Å². The highest BCUT2D eigenvalue weighted by Crippen LogP contribution is 2.61. The van der Waals surface area contributed by atoms with Gasteiger partial charge in [-0.15, -0.1) is 0 Å². The van der Waals surface area contributed by atoms with Gasteiger partial charge in [0.15, 0.2) is 0 Å². The van der Waals surface area contributed by atoms with Crippen LogP contribution < -0.4 is 10.1 Å². The average Bonchev–Trinajstić information content (AvgIpc) is 2.52. The van der Waals surface area contributed by atoms with Crippen molar-refractivity contribution in [3.63, 3.8) is 0 Å². The molecule has 4 saturated carbocycles. The van der Waals surface area contributed by atoms with Crippen LogP contribution in [0.25, 0.3) is 0 Å². The minimum atomic E-state index is 0.590. The maximum Gasteiger partial charge on any atom is 0.119 e. The van der Waals surface area contributed by atoms with Crippen LogP contribution in [0, 0.1) is 23.2 Å². The summed E-state index contributed by atoms with van der Waals surface area (Å²) >= 11 is 0. The first kappa shape index (κ1) is 15.5. The Balaban J connectivity index is 1.40. The molecule has 0 radical (unpaired) electrons. The smallest absolute Gasteiger partial charge is 0.119 e. The summed E-state index contributed by atoms with van der Waals surface area (Å²) in [5, 5.41) is 3.87. The van der Waals surface area contributed by atoms with Crippen LogP contribution in [-0.2, 0) is 6.54 Å². The lowest BCUT2D eigenvalue weighted by Crippen LogP contribution is -2.54. The van der Waals surface area contributed by atoms with Gasteiger partial charge in [0.1, 0.15) is 5.75 Å². The van der Waals surface area contributed by atoms with E-state index in [-0.39, 0.29) is 0 Å². The first-order valence-electron chi connectivity index (χ1n) is 9.62. The Morgan fingerprint density at radius 2 is 1.78 bits per heavy atom. The maximum absolute atomic E-state index is 5.63. The number of rotatable bonds is 6.